The summed E-state index contributed by atoms with van der Waals surface area (Å²) >= 11 is 0. The quantitative estimate of drug-likeness (QED) is 0.904. The fourth-order valence-corrected chi connectivity index (χ4v) is 5.35. The molecule has 3 fully saturated rings. The lowest BCUT2D eigenvalue weighted by molar-refractivity contribution is 0.0768. The van der Waals surface area contributed by atoms with Crippen molar-refractivity contribution in [2.45, 2.75) is 49.7 Å². The Bertz CT molecular complexity index is 617. The largest absolute Gasteiger partial charge is 0.384 e. The van der Waals surface area contributed by atoms with Gasteiger partial charge in [0.05, 0.1) is 12.2 Å². The van der Waals surface area contributed by atoms with Crippen LogP contribution in [-0.4, -0.2) is 43.3 Å². The maximum atomic E-state index is 13.7. The molecule has 1 aromatic carbocycles. The molecule has 3 saturated heterocycles. The normalized spacial score (nSPS) is 34.7. The molecule has 4 heteroatoms. The summed E-state index contributed by atoms with van der Waals surface area (Å²) in [5.41, 5.74) is 2.50. The highest BCUT2D eigenvalue weighted by atomic mass is 19.1. The van der Waals surface area contributed by atoms with Crippen LogP contribution in [0, 0.1) is 11.7 Å². The zero-order valence-corrected chi connectivity index (χ0v) is 13.6. The van der Waals surface area contributed by atoms with E-state index in [1.807, 2.05) is 6.07 Å². The zero-order valence-electron chi connectivity index (χ0n) is 13.6. The first-order valence-corrected chi connectivity index (χ1v) is 9.14. The summed E-state index contributed by atoms with van der Waals surface area (Å²) in [6.07, 6.45) is 7.16. The third kappa shape index (κ3) is 2.30. The molecule has 4 aliphatic heterocycles. The van der Waals surface area contributed by atoms with Crippen molar-refractivity contribution in [3.8, 4) is 0 Å². The minimum absolute atomic E-state index is 0. The first-order chi connectivity index (χ1) is 11.2. The summed E-state index contributed by atoms with van der Waals surface area (Å²) in [7, 11) is 0. The maximum Gasteiger partial charge on any atom is 0.123 e. The van der Waals surface area contributed by atoms with E-state index < -0.39 is 0 Å². The number of anilines is 1. The van der Waals surface area contributed by atoms with Gasteiger partial charge in [0.2, 0.25) is 0 Å². The Balaban J connectivity index is 0.00000146. The van der Waals surface area contributed by atoms with Crippen molar-refractivity contribution in [3.05, 3.63) is 29.6 Å². The average molecular weight is 318 g/mol. The van der Waals surface area contributed by atoms with Gasteiger partial charge >= 0.3 is 0 Å². The Kier molecular flexibility index (Phi) is 3.21. The van der Waals surface area contributed by atoms with Crippen LogP contribution in [0.1, 0.15) is 39.1 Å². The first-order valence-electron chi connectivity index (χ1n) is 9.14. The Morgan fingerprint density at radius 3 is 2.91 bits per heavy atom. The number of piperidine rings is 1. The van der Waals surface area contributed by atoms with E-state index in [0.29, 0.717) is 12.2 Å². The first kappa shape index (κ1) is 14.2. The zero-order chi connectivity index (χ0) is 15.4. The summed E-state index contributed by atoms with van der Waals surface area (Å²) in [6.45, 7) is 4.43. The van der Waals surface area contributed by atoms with Gasteiger partial charge < -0.3 is 15.0 Å². The number of fused-ring (bicyclic) bond motifs is 4. The second-order valence-corrected chi connectivity index (χ2v) is 7.99. The topological polar surface area (TPSA) is 24.5 Å². The molecule has 0 amide bonds. The van der Waals surface area contributed by atoms with Crippen molar-refractivity contribution in [2.75, 3.05) is 31.5 Å². The lowest BCUT2D eigenvalue weighted by Gasteiger charge is -2.40. The predicted octanol–water partition coefficient (Wildman–Crippen LogP) is 3.40. The SMILES string of the molecule is Fc1ccc2c(c1)C1(CCN(C[C@H]3C[C@H]4CC[C@H]3O4)CC1)CN2.[HH]. The van der Waals surface area contributed by atoms with Crippen molar-refractivity contribution < 1.29 is 10.6 Å². The van der Waals surface area contributed by atoms with Crippen LogP contribution in [0.5, 0.6) is 0 Å². The van der Waals surface area contributed by atoms with E-state index in [-0.39, 0.29) is 12.7 Å². The van der Waals surface area contributed by atoms with Gasteiger partial charge in [-0.3, -0.25) is 0 Å². The predicted molar refractivity (Wildman–Crippen MR) is 90.4 cm³/mol. The third-order valence-electron chi connectivity index (χ3n) is 6.71. The summed E-state index contributed by atoms with van der Waals surface area (Å²) in [4.78, 5) is 2.62. The van der Waals surface area contributed by atoms with E-state index in [0.717, 1.165) is 44.1 Å². The summed E-state index contributed by atoms with van der Waals surface area (Å²) < 4.78 is 19.7. The Labute approximate surface area is 138 Å². The average Bonchev–Trinajstić information content (AvgIpc) is 3.25. The molecule has 4 aliphatic rings. The maximum absolute atomic E-state index is 13.7. The standard InChI is InChI=1S/C19H25FN2O.H2/c20-14-1-3-17-16(10-14)19(12-21-17)5-7-22(8-6-19)11-13-9-15-2-4-18(13)23-15;/h1,3,10,13,15,18,21H,2,4-9,11-12H2;1H/t13-,15-,18-;/m1./s1. The summed E-state index contributed by atoms with van der Waals surface area (Å²) in [5, 5.41) is 3.49. The van der Waals surface area contributed by atoms with Crippen LogP contribution in [0.25, 0.3) is 0 Å². The lowest BCUT2D eigenvalue weighted by Crippen LogP contribution is -2.46. The lowest BCUT2D eigenvalue weighted by atomic mass is 9.74. The molecule has 0 unspecified atom stereocenters. The van der Waals surface area contributed by atoms with Gasteiger partial charge in [-0.25, -0.2) is 4.39 Å². The molecule has 23 heavy (non-hydrogen) atoms. The fraction of sp³-hybridized carbons (Fsp3) is 0.684. The van der Waals surface area contributed by atoms with Crippen LogP contribution in [0.2, 0.25) is 0 Å². The highest BCUT2D eigenvalue weighted by Crippen LogP contribution is 2.45. The van der Waals surface area contributed by atoms with Gasteiger partial charge in [-0.1, -0.05) is 0 Å². The van der Waals surface area contributed by atoms with Gasteiger partial charge in [-0.05, 0) is 69.0 Å². The molecule has 0 saturated carbocycles. The van der Waals surface area contributed by atoms with E-state index >= 15 is 0 Å². The number of benzene rings is 1. The Hall–Kier alpha value is -1.13. The monoisotopic (exact) mass is 318 g/mol. The van der Waals surface area contributed by atoms with Crippen molar-refractivity contribution >= 4 is 5.69 Å². The minimum atomic E-state index is -0.103. The second-order valence-electron chi connectivity index (χ2n) is 7.99. The van der Waals surface area contributed by atoms with E-state index in [1.165, 1.54) is 31.4 Å². The fourth-order valence-electron chi connectivity index (χ4n) is 5.35. The number of hydrogen-bond acceptors (Lipinski definition) is 3. The highest BCUT2D eigenvalue weighted by Gasteiger charge is 2.44. The molecule has 126 valence electrons. The third-order valence-corrected chi connectivity index (χ3v) is 6.71. The van der Waals surface area contributed by atoms with E-state index in [9.17, 15) is 4.39 Å². The van der Waals surface area contributed by atoms with E-state index in [2.05, 4.69) is 10.2 Å². The number of nitrogens with one attached hydrogen (secondary N) is 1. The molecular formula is C19H27FN2O. The molecule has 4 heterocycles. The van der Waals surface area contributed by atoms with Crippen molar-refractivity contribution in [3.63, 3.8) is 0 Å². The van der Waals surface area contributed by atoms with Crippen molar-refractivity contribution in [2.24, 2.45) is 5.92 Å². The Morgan fingerprint density at radius 2 is 2.17 bits per heavy atom. The van der Waals surface area contributed by atoms with Gasteiger partial charge in [-0.2, -0.15) is 0 Å². The molecule has 3 nitrogen and oxygen atoms in total. The van der Waals surface area contributed by atoms with Crippen LogP contribution in [0.4, 0.5) is 10.1 Å². The summed E-state index contributed by atoms with van der Waals surface area (Å²) in [5.74, 6) is 0.641. The number of halogens is 1. The van der Waals surface area contributed by atoms with E-state index in [4.69, 9.17) is 4.74 Å². The smallest absolute Gasteiger partial charge is 0.123 e. The molecule has 1 N–H and O–H groups in total. The van der Waals surface area contributed by atoms with Crippen LogP contribution in [-0.2, 0) is 10.2 Å². The van der Waals surface area contributed by atoms with Gasteiger partial charge in [0.15, 0.2) is 0 Å². The highest BCUT2D eigenvalue weighted by molar-refractivity contribution is 5.60. The van der Waals surface area contributed by atoms with Crippen LogP contribution in [0.15, 0.2) is 18.2 Å². The number of likely N-dealkylation sites (tertiary alicyclic amines) is 1. The molecule has 0 radical (unpaired) electrons. The minimum Gasteiger partial charge on any atom is -0.384 e. The van der Waals surface area contributed by atoms with Gasteiger partial charge in [-0.15, -0.1) is 0 Å². The second kappa shape index (κ2) is 5.18. The summed E-state index contributed by atoms with van der Waals surface area (Å²) in [6, 6.07) is 5.22. The molecule has 0 aliphatic carbocycles. The molecule has 5 rings (SSSR count). The Morgan fingerprint density at radius 1 is 1.30 bits per heavy atom. The van der Waals surface area contributed by atoms with Crippen LogP contribution >= 0.6 is 0 Å². The van der Waals surface area contributed by atoms with Crippen LogP contribution < -0.4 is 5.32 Å². The molecule has 2 bridgehead atoms. The van der Waals surface area contributed by atoms with Crippen molar-refractivity contribution in [1.29, 1.82) is 0 Å². The molecule has 1 aromatic rings. The molecule has 3 atom stereocenters. The van der Waals surface area contributed by atoms with Crippen molar-refractivity contribution in [1.82, 2.24) is 4.90 Å². The molecular weight excluding hydrogens is 291 g/mol. The van der Waals surface area contributed by atoms with Gasteiger partial charge in [0, 0.05) is 31.5 Å². The number of rotatable bonds is 2. The number of hydrogen-bond donors (Lipinski definition) is 1. The van der Waals surface area contributed by atoms with Gasteiger partial charge in [0.1, 0.15) is 5.82 Å². The molecule has 1 spiro atoms. The number of nitrogens with zero attached hydrogens (tertiary/aromatic N) is 1. The van der Waals surface area contributed by atoms with Gasteiger partial charge in [0.25, 0.3) is 0 Å². The van der Waals surface area contributed by atoms with Crippen LogP contribution in [0.3, 0.4) is 0 Å². The van der Waals surface area contributed by atoms with E-state index in [1.54, 1.807) is 12.1 Å². The molecule has 0 aromatic heterocycles. The number of ether oxygens (including phenoxy) is 1.